The van der Waals surface area contributed by atoms with E-state index in [-0.39, 0.29) is 22.5 Å². The Kier molecular flexibility index (Phi) is 6.33. The van der Waals surface area contributed by atoms with E-state index < -0.39 is 0 Å². The van der Waals surface area contributed by atoms with E-state index in [2.05, 4.69) is 78.2 Å². The summed E-state index contributed by atoms with van der Waals surface area (Å²) in [7, 11) is 6.12. The molecule has 3 aliphatic rings. The van der Waals surface area contributed by atoms with E-state index in [1.807, 2.05) is 12.1 Å². The summed E-state index contributed by atoms with van der Waals surface area (Å²) in [4.78, 5) is 20.7. The van der Waals surface area contributed by atoms with Crippen LogP contribution in [0.2, 0.25) is 0 Å². The lowest BCUT2D eigenvalue weighted by atomic mass is 9.66. The molecule has 3 fully saturated rings. The Morgan fingerprint density at radius 1 is 0.914 bits per heavy atom. The number of urea groups is 1. The second-order valence-electron chi connectivity index (χ2n) is 11.8. The summed E-state index contributed by atoms with van der Waals surface area (Å²) in [5, 5.41) is 0. The molecule has 0 unspecified atom stereocenters. The molecular weight excluding hydrogens is 434 g/mol. The Labute approximate surface area is 211 Å². The van der Waals surface area contributed by atoms with Gasteiger partial charge in [-0.05, 0) is 81.3 Å². The molecule has 2 amide bonds. The van der Waals surface area contributed by atoms with E-state index in [0.29, 0.717) is 6.54 Å². The van der Waals surface area contributed by atoms with Crippen LogP contribution in [0.4, 0.5) is 4.79 Å². The Balaban J connectivity index is 1.40. The van der Waals surface area contributed by atoms with E-state index in [1.54, 1.807) is 7.11 Å². The number of benzene rings is 2. The molecule has 1 heterocycles. The molecule has 0 N–H and O–H groups in total. The molecule has 0 radical (unpaired) electrons. The molecule has 1 aliphatic heterocycles. The third-order valence-electron chi connectivity index (χ3n) is 9.37. The molecule has 5 rings (SSSR count). The van der Waals surface area contributed by atoms with Gasteiger partial charge in [-0.3, -0.25) is 4.90 Å². The maximum absolute atomic E-state index is 13.9. The zero-order chi connectivity index (χ0) is 24.7. The molecule has 2 aromatic rings. The van der Waals surface area contributed by atoms with Crippen LogP contribution in [0.15, 0.2) is 54.6 Å². The van der Waals surface area contributed by atoms with Gasteiger partial charge in [-0.2, -0.15) is 0 Å². The van der Waals surface area contributed by atoms with Crippen LogP contribution in [0.3, 0.4) is 0 Å². The number of carbonyl (C=O) groups excluding carboxylic acids is 1. The zero-order valence-corrected chi connectivity index (χ0v) is 21.9. The Morgan fingerprint density at radius 2 is 1.57 bits per heavy atom. The molecule has 188 valence electrons. The number of rotatable bonds is 7. The van der Waals surface area contributed by atoms with E-state index in [4.69, 9.17) is 4.74 Å². The molecular formula is C30H41N3O2. The smallest absolute Gasteiger partial charge is 0.320 e. The standard InChI is InChI=1S/C30H41N3O2/c1-28(15-8-16-28)22-33-27(34)32(21-24-11-13-26(35-4)14-12-24)23-29(33)17-19-30(20-18-29,31(2)3)25-9-6-5-7-10-25/h5-7,9-14H,8,15-23H2,1-4H3/t29-,30-. The number of nitrogens with zero attached hydrogens (tertiary/aromatic N) is 3. The predicted molar refractivity (Wildman–Crippen MR) is 140 cm³/mol. The highest BCUT2D eigenvalue weighted by molar-refractivity contribution is 5.78. The second-order valence-corrected chi connectivity index (χ2v) is 11.8. The first-order valence-electron chi connectivity index (χ1n) is 13.2. The van der Waals surface area contributed by atoms with Gasteiger partial charge in [-0.15, -0.1) is 0 Å². The third-order valence-corrected chi connectivity index (χ3v) is 9.37. The van der Waals surface area contributed by atoms with Crippen molar-refractivity contribution < 1.29 is 9.53 Å². The number of hydrogen-bond donors (Lipinski definition) is 0. The third kappa shape index (κ3) is 4.33. The van der Waals surface area contributed by atoms with Gasteiger partial charge in [0.2, 0.25) is 0 Å². The first-order valence-corrected chi connectivity index (χ1v) is 13.2. The van der Waals surface area contributed by atoms with Crippen LogP contribution in [0, 0.1) is 5.41 Å². The summed E-state index contributed by atoms with van der Waals surface area (Å²) in [5.74, 6) is 0.853. The van der Waals surface area contributed by atoms with Crippen LogP contribution in [-0.2, 0) is 12.1 Å². The maximum atomic E-state index is 13.9. The summed E-state index contributed by atoms with van der Waals surface area (Å²) in [6, 6.07) is 19.4. The van der Waals surface area contributed by atoms with Crippen molar-refractivity contribution in [1.29, 1.82) is 0 Å². The van der Waals surface area contributed by atoms with Crippen molar-refractivity contribution in [3.8, 4) is 5.75 Å². The van der Waals surface area contributed by atoms with Gasteiger partial charge < -0.3 is 14.5 Å². The highest BCUT2D eigenvalue weighted by Gasteiger charge is 2.55. The molecule has 2 aliphatic carbocycles. The number of amides is 2. The zero-order valence-electron chi connectivity index (χ0n) is 21.9. The summed E-state index contributed by atoms with van der Waals surface area (Å²) in [6.45, 7) is 4.76. The van der Waals surface area contributed by atoms with Gasteiger partial charge in [0.25, 0.3) is 0 Å². The largest absolute Gasteiger partial charge is 0.497 e. The molecule has 2 saturated carbocycles. The molecule has 2 aromatic carbocycles. The number of methoxy groups -OCH3 is 1. The highest BCUT2D eigenvalue weighted by atomic mass is 16.5. The van der Waals surface area contributed by atoms with Crippen LogP contribution in [0.5, 0.6) is 5.75 Å². The van der Waals surface area contributed by atoms with Gasteiger partial charge >= 0.3 is 6.03 Å². The maximum Gasteiger partial charge on any atom is 0.320 e. The fraction of sp³-hybridized carbons (Fsp3) is 0.567. The summed E-state index contributed by atoms with van der Waals surface area (Å²) >= 11 is 0. The van der Waals surface area contributed by atoms with Gasteiger partial charge in [0, 0.05) is 25.2 Å². The lowest BCUT2D eigenvalue weighted by Crippen LogP contribution is -2.57. The Bertz CT molecular complexity index is 1020. The van der Waals surface area contributed by atoms with Gasteiger partial charge in [0.1, 0.15) is 5.75 Å². The molecule has 1 spiro atoms. The van der Waals surface area contributed by atoms with Gasteiger partial charge in [-0.1, -0.05) is 55.8 Å². The molecule has 1 saturated heterocycles. The van der Waals surface area contributed by atoms with Crippen LogP contribution < -0.4 is 4.74 Å². The average Bonchev–Trinajstić information content (AvgIpc) is 3.09. The second kappa shape index (κ2) is 9.16. The van der Waals surface area contributed by atoms with Crippen LogP contribution in [-0.4, -0.2) is 60.6 Å². The minimum Gasteiger partial charge on any atom is -0.497 e. The topological polar surface area (TPSA) is 36.0 Å². The van der Waals surface area contributed by atoms with Crippen molar-refractivity contribution in [1.82, 2.24) is 14.7 Å². The minimum atomic E-state index is -0.0730. The molecule has 5 nitrogen and oxygen atoms in total. The van der Waals surface area contributed by atoms with E-state index in [9.17, 15) is 4.79 Å². The van der Waals surface area contributed by atoms with E-state index in [0.717, 1.165) is 50.1 Å². The summed E-state index contributed by atoms with van der Waals surface area (Å²) in [5.41, 5.74) is 2.79. The van der Waals surface area contributed by atoms with Crippen molar-refractivity contribution >= 4 is 6.03 Å². The monoisotopic (exact) mass is 475 g/mol. The van der Waals surface area contributed by atoms with Gasteiger partial charge in [-0.25, -0.2) is 4.79 Å². The highest BCUT2D eigenvalue weighted by Crippen LogP contribution is 2.51. The fourth-order valence-corrected chi connectivity index (χ4v) is 6.81. The van der Waals surface area contributed by atoms with Crippen LogP contribution >= 0.6 is 0 Å². The minimum absolute atomic E-state index is 0.0327. The molecule has 0 aromatic heterocycles. The average molecular weight is 476 g/mol. The van der Waals surface area contributed by atoms with E-state index >= 15 is 0 Å². The Morgan fingerprint density at radius 3 is 2.11 bits per heavy atom. The van der Waals surface area contributed by atoms with Crippen molar-refractivity contribution in [3.05, 3.63) is 65.7 Å². The van der Waals surface area contributed by atoms with Gasteiger partial charge in [0.15, 0.2) is 0 Å². The van der Waals surface area contributed by atoms with Crippen LogP contribution in [0.25, 0.3) is 0 Å². The number of carbonyl (C=O) groups is 1. The molecule has 5 heteroatoms. The SMILES string of the molecule is COc1ccc(CN2C[C@]3(CC[C@@](c4ccccc4)(N(C)C)CC3)N(CC3(C)CCC3)C2=O)cc1. The lowest BCUT2D eigenvalue weighted by molar-refractivity contribution is -0.000354. The number of ether oxygens (including phenoxy) is 1. The first-order chi connectivity index (χ1) is 16.8. The predicted octanol–water partition coefficient (Wildman–Crippen LogP) is 5.89. The molecule has 0 bridgehead atoms. The fourth-order valence-electron chi connectivity index (χ4n) is 6.81. The van der Waals surface area contributed by atoms with Crippen molar-refractivity contribution in [2.24, 2.45) is 5.41 Å². The van der Waals surface area contributed by atoms with Gasteiger partial charge in [0.05, 0.1) is 12.6 Å². The number of hydrogen-bond acceptors (Lipinski definition) is 3. The molecule has 35 heavy (non-hydrogen) atoms. The van der Waals surface area contributed by atoms with E-state index in [1.165, 1.54) is 24.8 Å². The lowest BCUT2D eigenvalue weighted by Gasteiger charge is -2.53. The quantitative estimate of drug-likeness (QED) is 0.501. The summed E-state index contributed by atoms with van der Waals surface area (Å²) in [6.07, 6.45) is 7.98. The molecule has 0 atom stereocenters. The summed E-state index contributed by atoms with van der Waals surface area (Å²) < 4.78 is 5.32. The van der Waals surface area contributed by atoms with Crippen molar-refractivity contribution in [3.63, 3.8) is 0 Å². The Hall–Kier alpha value is -2.53. The van der Waals surface area contributed by atoms with Crippen LogP contribution in [0.1, 0.15) is 63.0 Å². The normalized spacial score (nSPS) is 28.0. The van der Waals surface area contributed by atoms with Crippen molar-refractivity contribution in [2.75, 3.05) is 34.3 Å². The van der Waals surface area contributed by atoms with Crippen molar-refractivity contribution in [2.45, 2.75) is 69.5 Å². The first kappa shape index (κ1) is 24.2.